The minimum atomic E-state index is -0.108. The summed E-state index contributed by atoms with van der Waals surface area (Å²) in [6.07, 6.45) is 0. The van der Waals surface area contributed by atoms with Gasteiger partial charge in [0.25, 0.3) is 0 Å². The summed E-state index contributed by atoms with van der Waals surface area (Å²) in [7, 11) is 0. The van der Waals surface area contributed by atoms with Crippen LogP contribution in [0.15, 0.2) is 231 Å². The lowest BCUT2D eigenvalue weighted by molar-refractivity contribution is 0.660. The fraction of sp³-hybridized carbons (Fsp3) is 0.0909. The number of nitrogens with zero attached hydrogens (tertiary/aromatic N) is 2. The number of benzene rings is 10. The third-order valence-corrected chi connectivity index (χ3v) is 15.2. The molecule has 324 valence electrons. The second kappa shape index (κ2) is 15.2. The fourth-order valence-electron chi connectivity index (χ4n) is 11.8. The molecule has 2 aliphatic carbocycles. The molecule has 0 saturated carbocycles. The summed E-state index contributed by atoms with van der Waals surface area (Å²) in [5.41, 5.74) is 24.8. The normalized spacial score (nSPS) is 13.8. The van der Waals surface area contributed by atoms with Gasteiger partial charge in [-0.25, -0.2) is 0 Å². The summed E-state index contributed by atoms with van der Waals surface area (Å²) in [5.74, 6) is 0. The average molecular weight is 871 g/mol. The Kier molecular flexibility index (Phi) is 8.95. The molecule has 0 bridgehead atoms. The van der Waals surface area contributed by atoms with Gasteiger partial charge in [0, 0.05) is 44.2 Å². The largest absolute Gasteiger partial charge is 0.310 e. The van der Waals surface area contributed by atoms with Gasteiger partial charge in [-0.1, -0.05) is 198 Å². The smallest absolute Gasteiger partial charge is 0.0547 e. The van der Waals surface area contributed by atoms with E-state index in [-0.39, 0.29) is 10.8 Å². The Morgan fingerprint density at radius 3 is 1.71 bits per heavy atom. The maximum atomic E-state index is 2.47. The standard InChI is InChI=1S/C66H50N2/c1-65(2)58-28-13-9-25-56(58)64-55(26-17-29-59(64)65)53-24-11-14-30-61(53)67(48-36-32-43(33-37-48)45-34-38-51-50-22-8-12-27-57(50)66(3,4)60(51)41-45)49-21-16-18-44(40-49)46-35-39-54-52-23-10-15-31-62(52)68(63(54)42-46)47-19-6-5-7-20-47/h5-42H,1-4H3. The third-order valence-electron chi connectivity index (χ3n) is 15.2. The Hall–Kier alpha value is -8.20. The van der Waals surface area contributed by atoms with Crippen molar-refractivity contribution in [3.63, 3.8) is 0 Å². The Labute approximate surface area is 399 Å². The topological polar surface area (TPSA) is 8.17 Å². The zero-order chi connectivity index (χ0) is 45.7. The van der Waals surface area contributed by atoms with Crippen molar-refractivity contribution in [1.82, 2.24) is 4.57 Å². The number of rotatable bonds is 7. The minimum Gasteiger partial charge on any atom is -0.310 e. The summed E-state index contributed by atoms with van der Waals surface area (Å²) in [4.78, 5) is 2.47. The molecule has 0 spiro atoms. The minimum absolute atomic E-state index is 0.0661. The van der Waals surface area contributed by atoms with Crippen molar-refractivity contribution in [2.75, 3.05) is 4.90 Å². The lowest BCUT2D eigenvalue weighted by Gasteiger charge is -2.29. The lowest BCUT2D eigenvalue weighted by Crippen LogP contribution is -2.15. The van der Waals surface area contributed by atoms with E-state index in [0.717, 1.165) is 28.3 Å². The molecule has 0 fully saturated rings. The molecule has 1 heterocycles. The molecule has 2 heteroatoms. The number of anilines is 3. The number of hydrogen-bond acceptors (Lipinski definition) is 1. The number of aromatic nitrogens is 1. The molecule has 1 aromatic heterocycles. The van der Waals surface area contributed by atoms with Crippen LogP contribution in [-0.4, -0.2) is 4.57 Å². The van der Waals surface area contributed by atoms with E-state index in [0.29, 0.717) is 0 Å². The Morgan fingerprint density at radius 2 is 0.882 bits per heavy atom. The molecule has 0 aliphatic heterocycles. The van der Waals surface area contributed by atoms with Crippen molar-refractivity contribution >= 4 is 38.9 Å². The molecule has 13 rings (SSSR count). The van der Waals surface area contributed by atoms with Gasteiger partial charge in [-0.15, -0.1) is 0 Å². The molecular weight excluding hydrogens is 821 g/mol. The van der Waals surface area contributed by atoms with E-state index >= 15 is 0 Å². The summed E-state index contributed by atoms with van der Waals surface area (Å²) >= 11 is 0. The Bertz CT molecular complexity index is 3790. The molecular formula is C66H50N2. The van der Waals surface area contributed by atoms with Crippen molar-refractivity contribution in [1.29, 1.82) is 0 Å². The number of para-hydroxylation sites is 3. The molecule has 0 atom stereocenters. The number of hydrogen-bond donors (Lipinski definition) is 0. The summed E-state index contributed by atoms with van der Waals surface area (Å²) in [6.45, 7) is 9.45. The van der Waals surface area contributed by atoms with Crippen LogP contribution in [0.2, 0.25) is 0 Å². The summed E-state index contributed by atoms with van der Waals surface area (Å²) in [5, 5.41) is 2.50. The van der Waals surface area contributed by atoms with E-state index in [9.17, 15) is 0 Å². The highest BCUT2D eigenvalue weighted by molar-refractivity contribution is 6.10. The molecule has 10 aromatic carbocycles. The summed E-state index contributed by atoms with van der Waals surface area (Å²) < 4.78 is 2.40. The van der Waals surface area contributed by atoms with Gasteiger partial charge in [-0.05, 0) is 133 Å². The van der Waals surface area contributed by atoms with E-state index in [2.05, 4.69) is 268 Å². The molecule has 0 N–H and O–H groups in total. The van der Waals surface area contributed by atoms with Crippen molar-refractivity contribution in [3.8, 4) is 61.3 Å². The van der Waals surface area contributed by atoms with Gasteiger partial charge in [0.2, 0.25) is 0 Å². The van der Waals surface area contributed by atoms with E-state index in [1.54, 1.807) is 0 Å². The van der Waals surface area contributed by atoms with Crippen LogP contribution in [0.25, 0.3) is 83.1 Å². The first-order valence-corrected chi connectivity index (χ1v) is 23.9. The fourth-order valence-corrected chi connectivity index (χ4v) is 11.8. The quantitative estimate of drug-likeness (QED) is 0.155. The van der Waals surface area contributed by atoms with Crippen molar-refractivity contribution in [3.05, 3.63) is 253 Å². The first kappa shape index (κ1) is 40.1. The van der Waals surface area contributed by atoms with E-state index in [4.69, 9.17) is 0 Å². The highest BCUT2D eigenvalue weighted by atomic mass is 15.1. The van der Waals surface area contributed by atoms with Gasteiger partial charge in [0.1, 0.15) is 0 Å². The monoisotopic (exact) mass is 870 g/mol. The van der Waals surface area contributed by atoms with Crippen LogP contribution in [-0.2, 0) is 10.8 Å². The van der Waals surface area contributed by atoms with E-state index in [1.807, 2.05) is 0 Å². The van der Waals surface area contributed by atoms with Crippen molar-refractivity contribution in [2.24, 2.45) is 0 Å². The highest BCUT2D eigenvalue weighted by Gasteiger charge is 2.38. The molecule has 2 nitrogen and oxygen atoms in total. The Morgan fingerprint density at radius 1 is 0.324 bits per heavy atom. The van der Waals surface area contributed by atoms with Crippen molar-refractivity contribution in [2.45, 2.75) is 38.5 Å². The first-order valence-electron chi connectivity index (χ1n) is 23.9. The van der Waals surface area contributed by atoms with Crippen molar-refractivity contribution < 1.29 is 0 Å². The molecule has 0 radical (unpaired) electrons. The van der Waals surface area contributed by atoms with Gasteiger partial charge in [0.05, 0.1) is 16.7 Å². The lowest BCUT2D eigenvalue weighted by atomic mass is 9.81. The van der Waals surface area contributed by atoms with Gasteiger partial charge < -0.3 is 9.47 Å². The zero-order valence-electron chi connectivity index (χ0n) is 38.8. The van der Waals surface area contributed by atoms with Crippen LogP contribution in [0, 0.1) is 0 Å². The van der Waals surface area contributed by atoms with Gasteiger partial charge in [-0.3, -0.25) is 0 Å². The predicted octanol–water partition coefficient (Wildman–Crippen LogP) is 17.9. The van der Waals surface area contributed by atoms with Gasteiger partial charge in [-0.2, -0.15) is 0 Å². The molecule has 0 saturated heterocycles. The third kappa shape index (κ3) is 6.03. The zero-order valence-corrected chi connectivity index (χ0v) is 38.8. The maximum absolute atomic E-state index is 2.47. The maximum Gasteiger partial charge on any atom is 0.0547 e. The van der Waals surface area contributed by atoms with Crippen LogP contribution in [0.3, 0.4) is 0 Å². The van der Waals surface area contributed by atoms with E-state index in [1.165, 1.54) is 94.1 Å². The van der Waals surface area contributed by atoms with Crippen LogP contribution < -0.4 is 4.90 Å². The predicted molar refractivity (Wildman–Crippen MR) is 287 cm³/mol. The van der Waals surface area contributed by atoms with Crippen LogP contribution in [0.4, 0.5) is 17.1 Å². The SMILES string of the molecule is CC1(C)c2ccccc2-c2ccc(-c3ccc(N(c4cccc(-c5ccc6c7ccccc7n(-c7ccccc7)c6c5)c4)c4ccccc4-c4cccc5c4-c4ccccc4C5(C)C)cc3)cc21. The van der Waals surface area contributed by atoms with Crippen LogP contribution in [0.1, 0.15) is 49.9 Å². The molecule has 11 aromatic rings. The summed E-state index contributed by atoms with van der Waals surface area (Å²) in [6, 6.07) is 85.6. The van der Waals surface area contributed by atoms with Crippen LogP contribution >= 0.6 is 0 Å². The molecule has 2 aliphatic rings. The Balaban J connectivity index is 0.974. The average Bonchev–Trinajstić information content (AvgIpc) is 3.93. The van der Waals surface area contributed by atoms with E-state index < -0.39 is 0 Å². The second-order valence-electron chi connectivity index (χ2n) is 19.7. The highest BCUT2D eigenvalue weighted by Crippen LogP contribution is 2.54. The van der Waals surface area contributed by atoms with Crippen LogP contribution in [0.5, 0.6) is 0 Å². The first-order chi connectivity index (χ1) is 33.3. The van der Waals surface area contributed by atoms with Gasteiger partial charge in [0.15, 0.2) is 0 Å². The molecule has 68 heavy (non-hydrogen) atoms. The molecule has 0 amide bonds. The molecule has 0 unspecified atom stereocenters. The second-order valence-corrected chi connectivity index (χ2v) is 19.7. The number of fused-ring (bicyclic) bond motifs is 9. The van der Waals surface area contributed by atoms with Gasteiger partial charge >= 0.3 is 0 Å².